The fraction of sp³-hybridized carbons (Fsp3) is 0.222. The molecule has 0 bridgehead atoms. The third-order valence-corrected chi connectivity index (χ3v) is 4.79. The van der Waals surface area contributed by atoms with Crippen molar-refractivity contribution in [3.8, 4) is 0 Å². The van der Waals surface area contributed by atoms with Crippen molar-refractivity contribution in [1.29, 1.82) is 0 Å². The number of anilines is 2. The Morgan fingerprint density at radius 2 is 1.78 bits per heavy atom. The van der Waals surface area contributed by atoms with Gasteiger partial charge in [0, 0.05) is 42.6 Å². The average molecular weight is 385 g/mol. The van der Waals surface area contributed by atoms with Gasteiger partial charge in [-0.2, -0.15) is 0 Å². The zero-order chi connectivity index (χ0) is 18.8. The van der Waals surface area contributed by atoms with E-state index in [1.807, 2.05) is 24.3 Å². The number of benzene rings is 2. The van der Waals surface area contributed by atoms with E-state index in [1.54, 1.807) is 23.1 Å². The molecule has 2 amide bonds. The van der Waals surface area contributed by atoms with E-state index in [4.69, 9.17) is 11.6 Å². The Morgan fingerprint density at radius 1 is 1.04 bits per heavy atom. The first-order valence-corrected chi connectivity index (χ1v) is 8.89. The third kappa shape index (κ3) is 3.70. The van der Waals surface area contributed by atoms with Crippen LogP contribution in [0.4, 0.5) is 11.4 Å². The van der Waals surface area contributed by atoms with E-state index in [-0.39, 0.29) is 0 Å². The van der Waals surface area contributed by atoms with Crippen LogP contribution in [0.2, 0.25) is 5.02 Å². The summed E-state index contributed by atoms with van der Waals surface area (Å²) >= 11 is 5.92. The molecule has 0 aliphatic carbocycles. The van der Waals surface area contributed by atoms with Crippen LogP contribution < -0.4 is 10.2 Å². The van der Waals surface area contributed by atoms with Crippen LogP contribution in [-0.2, 0) is 9.59 Å². The molecule has 1 aliphatic heterocycles. The summed E-state index contributed by atoms with van der Waals surface area (Å²) in [5, 5.41) is 13.6. The molecule has 2 heterocycles. The van der Waals surface area contributed by atoms with Crippen LogP contribution in [0.1, 0.15) is 0 Å². The average Bonchev–Trinajstić information content (AvgIpc) is 3.16. The SMILES string of the molecule is O=C(Nc1ccc2[nH]nnc2c1)C(=O)N1CCN(c2ccc(Cl)cc2)CC1. The maximum Gasteiger partial charge on any atom is 0.313 e. The van der Waals surface area contributed by atoms with Gasteiger partial charge in [-0.15, -0.1) is 5.10 Å². The number of nitrogens with one attached hydrogen (secondary N) is 2. The van der Waals surface area contributed by atoms with Gasteiger partial charge in [-0.05, 0) is 42.5 Å². The lowest BCUT2D eigenvalue weighted by atomic mass is 10.2. The van der Waals surface area contributed by atoms with Crippen molar-refractivity contribution in [3.05, 3.63) is 47.5 Å². The highest BCUT2D eigenvalue weighted by Gasteiger charge is 2.26. The highest BCUT2D eigenvalue weighted by molar-refractivity contribution is 6.39. The van der Waals surface area contributed by atoms with E-state index < -0.39 is 11.8 Å². The lowest BCUT2D eigenvalue weighted by Gasteiger charge is -2.35. The number of H-pyrrole nitrogens is 1. The number of hydrogen-bond acceptors (Lipinski definition) is 5. The number of aromatic nitrogens is 3. The van der Waals surface area contributed by atoms with E-state index in [9.17, 15) is 9.59 Å². The molecule has 2 N–H and O–H groups in total. The van der Waals surface area contributed by atoms with E-state index in [0.717, 1.165) is 11.2 Å². The van der Waals surface area contributed by atoms with Gasteiger partial charge in [0.2, 0.25) is 0 Å². The van der Waals surface area contributed by atoms with Gasteiger partial charge in [0.15, 0.2) is 0 Å². The Labute approximate surface area is 160 Å². The maximum absolute atomic E-state index is 12.4. The minimum atomic E-state index is -0.655. The molecule has 138 valence electrons. The monoisotopic (exact) mass is 384 g/mol. The van der Waals surface area contributed by atoms with E-state index in [2.05, 4.69) is 25.6 Å². The molecule has 1 aromatic heterocycles. The quantitative estimate of drug-likeness (QED) is 0.658. The molecule has 1 fully saturated rings. The number of aromatic amines is 1. The smallest absolute Gasteiger partial charge is 0.313 e. The van der Waals surface area contributed by atoms with Crippen LogP contribution in [0.5, 0.6) is 0 Å². The molecule has 0 unspecified atom stereocenters. The van der Waals surface area contributed by atoms with Crippen molar-refractivity contribution < 1.29 is 9.59 Å². The van der Waals surface area contributed by atoms with Gasteiger partial charge in [-0.25, -0.2) is 0 Å². The van der Waals surface area contributed by atoms with Crippen molar-refractivity contribution >= 4 is 45.8 Å². The molecule has 27 heavy (non-hydrogen) atoms. The van der Waals surface area contributed by atoms with Crippen molar-refractivity contribution in [3.63, 3.8) is 0 Å². The fourth-order valence-electron chi connectivity index (χ4n) is 3.07. The van der Waals surface area contributed by atoms with E-state index >= 15 is 0 Å². The number of fused-ring (bicyclic) bond motifs is 1. The highest BCUT2D eigenvalue weighted by atomic mass is 35.5. The largest absolute Gasteiger partial charge is 0.368 e. The van der Waals surface area contributed by atoms with Crippen LogP contribution in [0.3, 0.4) is 0 Å². The number of amides is 2. The summed E-state index contributed by atoms with van der Waals surface area (Å²) in [4.78, 5) is 28.5. The summed E-state index contributed by atoms with van der Waals surface area (Å²) in [6.45, 7) is 2.28. The zero-order valence-corrected chi connectivity index (χ0v) is 15.1. The molecule has 1 aliphatic rings. The summed E-state index contributed by atoms with van der Waals surface area (Å²) in [6, 6.07) is 12.7. The predicted molar refractivity (Wildman–Crippen MR) is 103 cm³/mol. The Kier molecular flexibility index (Phi) is 4.64. The summed E-state index contributed by atoms with van der Waals surface area (Å²) in [6.07, 6.45) is 0. The molecular formula is C18H17ClN6O2. The first-order chi connectivity index (χ1) is 13.1. The van der Waals surface area contributed by atoms with Crippen molar-refractivity contribution in [1.82, 2.24) is 20.3 Å². The van der Waals surface area contributed by atoms with E-state index in [1.165, 1.54) is 0 Å². The van der Waals surface area contributed by atoms with Crippen LogP contribution in [0.25, 0.3) is 11.0 Å². The Bertz CT molecular complexity index is 979. The number of carbonyl (C=O) groups is 2. The fourth-order valence-corrected chi connectivity index (χ4v) is 3.19. The summed E-state index contributed by atoms with van der Waals surface area (Å²) in [5.41, 5.74) is 2.95. The van der Waals surface area contributed by atoms with Gasteiger partial charge < -0.3 is 15.1 Å². The number of rotatable bonds is 2. The second-order valence-electron chi connectivity index (χ2n) is 6.25. The summed E-state index contributed by atoms with van der Waals surface area (Å²) in [5.74, 6) is -1.19. The highest BCUT2D eigenvalue weighted by Crippen LogP contribution is 2.20. The zero-order valence-electron chi connectivity index (χ0n) is 14.4. The van der Waals surface area contributed by atoms with Crippen LogP contribution in [-0.4, -0.2) is 58.3 Å². The second kappa shape index (κ2) is 7.24. The number of piperazine rings is 1. The van der Waals surface area contributed by atoms with Gasteiger partial charge in [-0.1, -0.05) is 16.8 Å². The molecule has 4 rings (SSSR count). The lowest BCUT2D eigenvalue weighted by molar-refractivity contribution is -0.143. The molecular weight excluding hydrogens is 368 g/mol. The van der Waals surface area contributed by atoms with Crippen molar-refractivity contribution in [2.45, 2.75) is 0 Å². The number of carbonyl (C=O) groups excluding carboxylic acids is 2. The molecule has 8 nitrogen and oxygen atoms in total. The maximum atomic E-state index is 12.4. The predicted octanol–water partition coefficient (Wildman–Crippen LogP) is 1.90. The Morgan fingerprint density at radius 3 is 2.52 bits per heavy atom. The van der Waals surface area contributed by atoms with E-state index in [0.29, 0.717) is 42.4 Å². The standard InChI is InChI=1S/C18H17ClN6O2/c19-12-1-4-14(5-2-12)24-7-9-25(10-8-24)18(27)17(26)20-13-3-6-15-16(11-13)22-23-21-15/h1-6,11H,7-10H2,(H,20,26)(H,21,22,23). The van der Waals surface area contributed by atoms with Gasteiger partial charge in [0.05, 0.1) is 5.52 Å². The number of hydrogen-bond donors (Lipinski definition) is 2. The first-order valence-electron chi connectivity index (χ1n) is 8.52. The van der Waals surface area contributed by atoms with Crippen LogP contribution >= 0.6 is 11.6 Å². The molecule has 1 saturated heterocycles. The van der Waals surface area contributed by atoms with Crippen LogP contribution in [0.15, 0.2) is 42.5 Å². The van der Waals surface area contributed by atoms with Crippen molar-refractivity contribution in [2.24, 2.45) is 0 Å². The van der Waals surface area contributed by atoms with Gasteiger partial charge >= 0.3 is 11.8 Å². The minimum absolute atomic E-state index is 0.483. The minimum Gasteiger partial charge on any atom is -0.368 e. The molecule has 0 atom stereocenters. The lowest BCUT2D eigenvalue weighted by Crippen LogP contribution is -2.51. The molecule has 0 radical (unpaired) electrons. The number of halogens is 1. The Hall–Kier alpha value is -3.13. The summed E-state index contributed by atoms with van der Waals surface area (Å²) in [7, 11) is 0. The first kappa shape index (κ1) is 17.3. The van der Waals surface area contributed by atoms with Gasteiger partial charge in [-0.3, -0.25) is 14.7 Å². The topological polar surface area (TPSA) is 94.2 Å². The number of nitrogens with zero attached hydrogens (tertiary/aromatic N) is 4. The molecule has 3 aromatic rings. The Balaban J connectivity index is 1.35. The van der Waals surface area contributed by atoms with Gasteiger partial charge in [0.25, 0.3) is 0 Å². The molecule has 0 saturated carbocycles. The summed E-state index contributed by atoms with van der Waals surface area (Å²) < 4.78 is 0. The normalized spacial score (nSPS) is 14.4. The molecule has 9 heteroatoms. The third-order valence-electron chi connectivity index (χ3n) is 4.54. The van der Waals surface area contributed by atoms with Crippen molar-refractivity contribution in [2.75, 3.05) is 36.4 Å². The molecule has 0 spiro atoms. The van der Waals surface area contributed by atoms with Gasteiger partial charge in [0.1, 0.15) is 5.52 Å². The second-order valence-corrected chi connectivity index (χ2v) is 6.69. The van der Waals surface area contributed by atoms with Crippen LogP contribution in [0, 0.1) is 0 Å². The molecule has 2 aromatic carbocycles.